The van der Waals surface area contributed by atoms with Gasteiger partial charge in [-0.25, -0.2) is 4.39 Å². The van der Waals surface area contributed by atoms with Crippen LogP contribution in [0.1, 0.15) is 12.5 Å². The molecular weight excluding hydrogens is 301 g/mol. The summed E-state index contributed by atoms with van der Waals surface area (Å²) in [5, 5.41) is 2.82. The van der Waals surface area contributed by atoms with Crippen molar-refractivity contribution < 1.29 is 13.9 Å². The van der Waals surface area contributed by atoms with Gasteiger partial charge in [0.1, 0.15) is 11.6 Å². The summed E-state index contributed by atoms with van der Waals surface area (Å²) in [6, 6.07) is 13.7. The molecule has 5 heteroatoms. The number of anilines is 1. The van der Waals surface area contributed by atoms with E-state index in [1.165, 1.54) is 23.9 Å². The lowest BCUT2D eigenvalue weighted by atomic mass is 10.2. The first kappa shape index (κ1) is 16.4. The molecule has 0 unspecified atom stereocenters. The van der Waals surface area contributed by atoms with Crippen LogP contribution in [-0.4, -0.2) is 18.3 Å². The molecule has 2 aromatic rings. The van der Waals surface area contributed by atoms with Gasteiger partial charge in [0.2, 0.25) is 5.91 Å². The molecule has 22 heavy (non-hydrogen) atoms. The Morgan fingerprint density at radius 2 is 2.00 bits per heavy atom. The fourth-order valence-electron chi connectivity index (χ4n) is 1.89. The largest absolute Gasteiger partial charge is 0.494 e. The van der Waals surface area contributed by atoms with E-state index in [1.54, 1.807) is 18.2 Å². The van der Waals surface area contributed by atoms with E-state index in [9.17, 15) is 9.18 Å². The third-order valence-electron chi connectivity index (χ3n) is 2.84. The summed E-state index contributed by atoms with van der Waals surface area (Å²) in [6.07, 6.45) is 0. The first-order valence-corrected chi connectivity index (χ1v) is 8.17. The van der Waals surface area contributed by atoms with Gasteiger partial charge in [0.15, 0.2) is 0 Å². The van der Waals surface area contributed by atoms with E-state index in [1.807, 2.05) is 25.1 Å². The van der Waals surface area contributed by atoms with Crippen molar-refractivity contribution >= 4 is 23.4 Å². The number of rotatable bonds is 7. The van der Waals surface area contributed by atoms with Crippen LogP contribution >= 0.6 is 11.8 Å². The molecule has 0 aliphatic heterocycles. The topological polar surface area (TPSA) is 38.3 Å². The highest BCUT2D eigenvalue weighted by Gasteiger charge is 2.04. The molecule has 2 aromatic carbocycles. The lowest BCUT2D eigenvalue weighted by Crippen LogP contribution is -2.14. The van der Waals surface area contributed by atoms with Crippen LogP contribution in [0.4, 0.5) is 10.1 Å². The lowest BCUT2D eigenvalue weighted by molar-refractivity contribution is -0.113. The second kappa shape index (κ2) is 8.44. The molecule has 0 fully saturated rings. The number of amides is 1. The molecule has 0 atom stereocenters. The van der Waals surface area contributed by atoms with E-state index in [2.05, 4.69) is 5.32 Å². The Bertz CT molecular complexity index is 616. The van der Waals surface area contributed by atoms with Crippen LogP contribution in [0.15, 0.2) is 48.5 Å². The summed E-state index contributed by atoms with van der Waals surface area (Å²) in [7, 11) is 0. The minimum atomic E-state index is -0.253. The van der Waals surface area contributed by atoms with Gasteiger partial charge in [-0.2, -0.15) is 0 Å². The van der Waals surface area contributed by atoms with E-state index in [-0.39, 0.29) is 11.7 Å². The van der Waals surface area contributed by atoms with Gasteiger partial charge < -0.3 is 10.1 Å². The molecule has 0 aliphatic rings. The standard InChI is InChI=1S/C17H18FNO2S/c1-2-21-16-8-6-15(7-9-16)19-17(20)12-22-11-13-4-3-5-14(18)10-13/h3-10H,2,11-12H2,1H3,(H,19,20). The van der Waals surface area contributed by atoms with Gasteiger partial charge in [-0.3, -0.25) is 4.79 Å². The zero-order valence-electron chi connectivity index (χ0n) is 12.3. The van der Waals surface area contributed by atoms with Gasteiger partial charge >= 0.3 is 0 Å². The van der Waals surface area contributed by atoms with Crippen LogP contribution in [-0.2, 0) is 10.5 Å². The van der Waals surface area contributed by atoms with Crippen molar-refractivity contribution in [3.8, 4) is 5.75 Å². The SMILES string of the molecule is CCOc1ccc(NC(=O)CSCc2cccc(F)c2)cc1. The van der Waals surface area contributed by atoms with Crippen molar-refractivity contribution in [2.24, 2.45) is 0 Å². The van der Waals surface area contributed by atoms with Gasteiger partial charge in [-0.15, -0.1) is 11.8 Å². The van der Waals surface area contributed by atoms with E-state index in [0.717, 1.165) is 17.0 Å². The van der Waals surface area contributed by atoms with Crippen molar-refractivity contribution in [3.63, 3.8) is 0 Å². The van der Waals surface area contributed by atoms with Crippen LogP contribution in [0.3, 0.4) is 0 Å². The highest BCUT2D eigenvalue weighted by molar-refractivity contribution is 7.99. The summed E-state index contributed by atoms with van der Waals surface area (Å²) in [5.74, 6) is 1.38. The van der Waals surface area contributed by atoms with E-state index in [0.29, 0.717) is 18.1 Å². The second-order valence-corrected chi connectivity index (χ2v) is 5.61. The summed E-state index contributed by atoms with van der Waals surface area (Å²) in [5.41, 5.74) is 1.61. The van der Waals surface area contributed by atoms with Gasteiger partial charge in [-0.1, -0.05) is 12.1 Å². The predicted octanol–water partition coefficient (Wildman–Crippen LogP) is 4.10. The maximum Gasteiger partial charge on any atom is 0.234 e. The molecule has 0 saturated heterocycles. The Morgan fingerprint density at radius 3 is 2.68 bits per heavy atom. The first-order valence-electron chi connectivity index (χ1n) is 7.02. The Morgan fingerprint density at radius 1 is 1.23 bits per heavy atom. The zero-order chi connectivity index (χ0) is 15.8. The average molecular weight is 319 g/mol. The minimum Gasteiger partial charge on any atom is -0.494 e. The molecule has 116 valence electrons. The maximum absolute atomic E-state index is 13.0. The lowest BCUT2D eigenvalue weighted by Gasteiger charge is -2.07. The Kier molecular flexibility index (Phi) is 6.27. The van der Waals surface area contributed by atoms with Gasteiger partial charge in [0, 0.05) is 11.4 Å². The number of halogens is 1. The number of ether oxygens (including phenoxy) is 1. The Hall–Kier alpha value is -2.01. The second-order valence-electron chi connectivity index (χ2n) is 4.63. The fraction of sp³-hybridized carbons (Fsp3) is 0.235. The number of hydrogen-bond donors (Lipinski definition) is 1. The highest BCUT2D eigenvalue weighted by Crippen LogP contribution is 2.17. The van der Waals surface area contributed by atoms with Gasteiger partial charge in [0.05, 0.1) is 12.4 Å². The number of carbonyl (C=O) groups is 1. The van der Waals surface area contributed by atoms with Crippen LogP contribution in [0, 0.1) is 5.82 Å². The normalized spacial score (nSPS) is 10.3. The number of carbonyl (C=O) groups excluding carboxylic acids is 1. The van der Waals surface area contributed by atoms with Crippen molar-refractivity contribution in [2.75, 3.05) is 17.7 Å². The van der Waals surface area contributed by atoms with Crippen molar-refractivity contribution in [2.45, 2.75) is 12.7 Å². The molecule has 0 aliphatic carbocycles. The van der Waals surface area contributed by atoms with E-state index < -0.39 is 0 Å². The van der Waals surface area contributed by atoms with Crippen LogP contribution in [0.5, 0.6) is 5.75 Å². The molecule has 0 heterocycles. The predicted molar refractivity (Wildman–Crippen MR) is 88.8 cm³/mol. The Labute approximate surface area is 133 Å². The van der Waals surface area contributed by atoms with Crippen LogP contribution in [0.25, 0.3) is 0 Å². The van der Waals surface area contributed by atoms with E-state index >= 15 is 0 Å². The van der Waals surface area contributed by atoms with Crippen molar-refractivity contribution in [1.29, 1.82) is 0 Å². The van der Waals surface area contributed by atoms with Gasteiger partial charge in [0.25, 0.3) is 0 Å². The maximum atomic E-state index is 13.0. The molecule has 0 radical (unpaired) electrons. The molecular formula is C17H18FNO2S. The fourth-order valence-corrected chi connectivity index (χ4v) is 2.66. The number of benzene rings is 2. The smallest absolute Gasteiger partial charge is 0.234 e. The van der Waals surface area contributed by atoms with E-state index in [4.69, 9.17) is 4.74 Å². The summed E-state index contributed by atoms with van der Waals surface area (Å²) < 4.78 is 18.4. The third kappa shape index (κ3) is 5.41. The molecule has 1 N–H and O–H groups in total. The summed E-state index contributed by atoms with van der Waals surface area (Å²) in [6.45, 7) is 2.54. The Balaban J connectivity index is 1.75. The van der Waals surface area contributed by atoms with Crippen molar-refractivity contribution in [3.05, 3.63) is 59.9 Å². The quantitative estimate of drug-likeness (QED) is 0.835. The molecule has 1 amide bonds. The summed E-state index contributed by atoms with van der Waals surface area (Å²) in [4.78, 5) is 11.8. The third-order valence-corrected chi connectivity index (χ3v) is 3.84. The molecule has 0 spiro atoms. The molecule has 2 rings (SSSR count). The van der Waals surface area contributed by atoms with Gasteiger partial charge in [-0.05, 0) is 48.9 Å². The van der Waals surface area contributed by atoms with Crippen LogP contribution in [0.2, 0.25) is 0 Å². The number of nitrogens with one attached hydrogen (secondary N) is 1. The minimum absolute atomic E-state index is 0.0782. The average Bonchev–Trinajstić information content (AvgIpc) is 2.50. The molecule has 3 nitrogen and oxygen atoms in total. The van der Waals surface area contributed by atoms with Crippen LogP contribution < -0.4 is 10.1 Å². The first-order chi connectivity index (χ1) is 10.7. The monoisotopic (exact) mass is 319 g/mol. The highest BCUT2D eigenvalue weighted by atomic mass is 32.2. The number of hydrogen-bond acceptors (Lipinski definition) is 3. The zero-order valence-corrected chi connectivity index (χ0v) is 13.2. The molecule has 0 saturated carbocycles. The molecule has 0 bridgehead atoms. The summed E-state index contributed by atoms with van der Waals surface area (Å²) >= 11 is 1.45. The number of thioether (sulfide) groups is 1. The van der Waals surface area contributed by atoms with Crippen molar-refractivity contribution in [1.82, 2.24) is 0 Å². The molecule has 0 aromatic heterocycles.